The van der Waals surface area contributed by atoms with Crippen LogP contribution in [0.3, 0.4) is 0 Å². The lowest BCUT2D eigenvalue weighted by Crippen LogP contribution is -2.15. The van der Waals surface area contributed by atoms with Gasteiger partial charge < -0.3 is 5.11 Å². The first-order valence-electron chi connectivity index (χ1n) is 6.69. The molecule has 0 fully saturated rings. The highest BCUT2D eigenvalue weighted by Gasteiger charge is 2.22. The molecule has 1 heteroatoms. The van der Waals surface area contributed by atoms with Crippen LogP contribution in [0.2, 0.25) is 0 Å². The number of rotatable bonds is 4. The van der Waals surface area contributed by atoms with Gasteiger partial charge in [-0.05, 0) is 61.4 Å². The Morgan fingerprint density at radius 1 is 0.941 bits per heavy atom. The van der Waals surface area contributed by atoms with Crippen LogP contribution in [-0.2, 0) is 0 Å². The zero-order valence-corrected chi connectivity index (χ0v) is 12.1. The normalized spacial score (nSPS) is 13.2. The van der Waals surface area contributed by atoms with Crippen molar-refractivity contribution in [2.24, 2.45) is 5.92 Å². The third kappa shape index (κ3) is 2.71. The van der Waals surface area contributed by atoms with Crippen LogP contribution in [-0.4, -0.2) is 5.11 Å². The van der Waals surface area contributed by atoms with Gasteiger partial charge in [0.2, 0.25) is 0 Å². The van der Waals surface area contributed by atoms with Gasteiger partial charge in [0, 0.05) is 0 Å². The second-order valence-electron chi connectivity index (χ2n) is 5.20. The van der Waals surface area contributed by atoms with Crippen molar-refractivity contribution in [1.82, 2.24) is 0 Å². The topological polar surface area (TPSA) is 20.2 Å². The summed E-state index contributed by atoms with van der Waals surface area (Å²) in [6.07, 6.45) is 1.75. The standard InChI is InChI=1S/C16H26O/c1-7-14(8-2)16(17)15-12(5)10(3)9-11(4)13(15)6/h9,14,16-17H,7-8H2,1-6H3. The SMILES string of the molecule is CCC(CC)C(O)c1c(C)c(C)cc(C)c1C. The van der Waals surface area contributed by atoms with Crippen LogP contribution in [0.15, 0.2) is 6.07 Å². The van der Waals surface area contributed by atoms with Crippen molar-refractivity contribution in [1.29, 1.82) is 0 Å². The molecule has 0 aliphatic rings. The summed E-state index contributed by atoms with van der Waals surface area (Å²) in [7, 11) is 0. The molecule has 1 aromatic rings. The van der Waals surface area contributed by atoms with E-state index in [-0.39, 0.29) is 6.10 Å². The van der Waals surface area contributed by atoms with Crippen molar-refractivity contribution in [2.75, 3.05) is 0 Å². The molecule has 1 rings (SSSR count). The molecule has 0 spiro atoms. The summed E-state index contributed by atoms with van der Waals surface area (Å²) in [5.41, 5.74) is 6.25. The van der Waals surface area contributed by atoms with Gasteiger partial charge in [-0.3, -0.25) is 0 Å². The number of hydrogen-bond donors (Lipinski definition) is 1. The van der Waals surface area contributed by atoms with Gasteiger partial charge in [0.1, 0.15) is 0 Å². The molecule has 0 aliphatic heterocycles. The lowest BCUT2D eigenvalue weighted by Gasteiger charge is -2.25. The highest BCUT2D eigenvalue weighted by atomic mass is 16.3. The monoisotopic (exact) mass is 234 g/mol. The predicted molar refractivity (Wildman–Crippen MR) is 74.4 cm³/mol. The maximum absolute atomic E-state index is 10.6. The van der Waals surface area contributed by atoms with Crippen molar-refractivity contribution in [3.05, 3.63) is 33.9 Å². The first-order valence-corrected chi connectivity index (χ1v) is 6.69. The fourth-order valence-corrected chi connectivity index (χ4v) is 2.66. The Morgan fingerprint density at radius 3 is 1.71 bits per heavy atom. The van der Waals surface area contributed by atoms with Crippen LogP contribution in [0.25, 0.3) is 0 Å². The zero-order chi connectivity index (χ0) is 13.2. The highest BCUT2D eigenvalue weighted by Crippen LogP contribution is 2.34. The average molecular weight is 234 g/mol. The first kappa shape index (κ1) is 14.2. The molecule has 96 valence electrons. The number of aliphatic hydroxyl groups excluding tert-OH is 1. The van der Waals surface area contributed by atoms with Crippen molar-refractivity contribution < 1.29 is 5.11 Å². The van der Waals surface area contributed by atoms with Gasteiger partial charge in [-0.1, -0.05) is 32.8 Å². The Kier molecular flexibility index (Phi) is 4.76. The molecule has 0 aromatic heterocycles. The van der Waals surface area contributed by atoms with E-state index in [9.17, 15) is 5.11 Å². The molecule has 0 saturated carbocycles. The largest absolute Gasteiger partial charge is 0.388 e. The van der Waals surface area contributed by atoms with Crippen molar-refractivity contribution in [3.63, 3.8) is 0 Å². The molecule has 17 heavy (non-hydrogen) atoms. The Balaban J connectivity index is 3.29. The van der Waals surface area contributed by atoms with Gasteiger partial charge in [-0.15, -0.1) is 0 Å². The van der Waals surface area contributed by atoms with Crippen molar-refractivity contribution >= 4 is 0 Å². The van der Waals surface area contributed by atoms with Gasteiger partial charge >= 0.3 is 0 Å². The maximum Gasteiger partial charge on any atom is 0.0823 e. The van der Waals surface area contributed by atoms with Crippen LogP contribution in [0.1, 0.15) is 60.6 Å². The van der Waals surface area contributed by atoms with Crippen molar-refractivity contribution in [2.45, 2.75) is 60.5 Å². The van der Waals surface area contributed by atoms with Gasteiger partial charge in [0.15, 0.2) is 0 Å². The van der Waals surface area contributed by atoms with E-state index < -0.39 is 0 Å². The first-order chi connectivity index (χ1) is 7.93. The molecule has 1 N–H and O–H groups in total. The number of hydrogen-bond acceptors (Lipinski definition) is 1. The quantitative estimate of drug-likeness (QED) is 0.819. The summed E-state index contributed by atoms with van der Waals surface area (Å²) in [5.74, 6) is 0.369. The van der Waals surface area contributed by atoms with Crippen LogP contribution in [0.4, 0.5) is 0 Å². The number of aliphatic hydroxyl groups is 1. The van der Waals surface area contributed by atoms with E-state index in [0.29, 0.717) is 5.92 Å². The molecule has 0 aliphatic carbocycles. The van der Waals surface area contributed by atoms with E-state index in [4.69, 9.17) is 0 Å². The van der Waals surface area contributed by atoms with Crippen molar-refractivity contribution in [3.8, 4) is 0 Å². The molecule has 1 unspecified atom stereocenters. The van der Waals surface area contributed by atoms with E-state index in [1.807, 2.05) is 0 Å². The molecule has 0 heterocycles. The Labute approximate surface area is 106 Å². The van der Waals surface area contributed by atoms with E-state index in [1.165, 1.54) is 22.3 Å². The van der Waals surface area contributed by atoms with Crippen LogP contribution < -0.4 is 0 Å². The fraction of sp³-hybridized carbons (Fsp3) is 0.625. The van der Waals surface area contributed by atoms with Crippen LogP contribution >= 0.6 is 0 Å². The fourth-order valence-electron chi connectivity index (χ4n) is 2.66. The van der Waals surface area contributed by atoms with E-state index in [2.05, 4.69) is 47.6 Å². The van der Waals surface area contributed by atoms with E-state index >= 15 is 0 Å². The Hall–Kier alpha value is -0.820. The number of aryl methyl sites for hydroxylation is 2. The maximum atomic E-state index is 10.6. The predicted octanol–water partition coefficient (Wildman–Crippen LogP) is 4.39. The summed E-state index contributed by atoms with van der Waals surface area (Å²) in [4.78, 5) is 0. The summed E-state index contributed by atoms with van der Waals surface area (Å²) in [6, 6.07) is 2.22. The van der Waals surface area contributed by atoms with E-state index in [1.54, 1.807) is 0 Å². The summed E-state index contributed by atoms with van der Waals surface area (Å²) in [5, 5.41) is 10.6. The summed E-state index contributed by atoms with van der Waals surface area (Å²) >= 11 is 0. The van der Waals surface area contributed by atoms with Crippen LogP contribution in [0.5, 0.6) is 0 Å². The molecule has 0 saturated heterocycles. The van der Waals surface area contributed by atoms with Gasteiger partial charge in [0.25, 0.3) is 0 Å². The molecular weight excluding hydrogens is 208 g/mol. The molecule has 0 radical (unpaired) electrons. The lowest BCUT2D eigenvalue weighted by atomic mass is 9.84. The van der Waals surface area contributed by atoms with Gasteiger partial charge in [-0.25, -0.2) is 0 Å². The molecule has 1 aromatic carbocycles. The van der Waals surface area contributed by atoms with Crippen LogP contribution in [0, 0.1) is 33.6 Å². The Bertz CT molecular complexity index is 363. The number of benzene rings is 1. The minimum absolute atomic E-state index is 0.316. The average Bonchev–Trinajstić information content (AvgIpc) is 2.28. The van der Waals surface area contributed by atoms with Gasteiger partial charge in [0.05, 0.1) is 6.10 Å². The minimum Gasteiger partial charge on any atom is -0.388 e. The Morgan fingerprint density at radius 2 is 1.35 bits per heavy atom. The zero-order valence-electron chi connectivity index (χ0n) is 12.1. The molecule has 0 amide bonds. The van der Waals surface area contributed by atoms with E-state index in [0.717, 1.165) is 18.4 Å². The second kappa shape index (κ2) is 5.68. The second-order valence-corrected chi connectivity index (χ2v) is 5.20. The smallest absolute Gasteiger partial charge is 0.0823 e. The highest BCUT2D eigenvalue weighted by molar-refractivity contribution is 5.45. The molecule has 1 nitrogen and oxygen atoms in total. The molecule has 1 atom stereocenters. The minimum atomic E-state index is -0.316. The third-order valence-corrected chi connectivity index (χ3v) is 4.22. The molecular formula is C16H26O. The summed E-state index contributed by atoms with van der Waals surface area (Å²) in [6.45, 7) is 12.8. The third-order valence-electron chi connectivity index (χ3n) is 4.22. The molecule has 0 bridgehead atoms. The lowest BCUT2D eigenvalue weighted by molar-refractivity contribution is 0.102. The van der Waals surface area contributed by atoms with Gasteiger partial charge in [-0.2, -0.15) is 0 Å². The summed E-state index contributed by atoms with van der Waals surface area (Å²) < 4.78 is 0.